The monoisotopic (exact) mass is 834 g/mol. The zero-order valence-electron chi connectivity index (χ0n) is 36.7. The molecule has 3 unspecified atom stereocenters. The predicted molar refractivity (Wildman–Crippen MR) is 275 cm³/mol. The minimum absolute atomic E-state index is 0.110. The van der Waals surface area contributed by atoms with Crippen molar-refractivity contribution in [1.82, 2.24) is 0 Å². The van der Waals surface area contributed by atoms with Crippen LogP contribution in [-0.4, -0.2) is 11.6 Å². The second kappa shape index (κ2) is 16.1. The van der Waals surface area contributed by atoms with Crippen LogP contribution in [0.4, 0.5) is 22.7 Å². The van der Waals surface area contributed by atoms with Crippen molar-refractivity contribution in [1.29, 1.82) is 0 Å². The molecule has 4 aliphatic rings. The Morgan fingerprint density at radius 1 is 0.569 bits per heavy atom. The molecule has 3 atom stereocenters. The number of fused-ring (bicyclic) bond motifs is 5. The number of rotatable bonds is 8. The lowest BCUT2D eigenvalue weighted by Crippen LogP contribution is -2.47. The highest BCUT2D eigenvalue weighted by molar-refractivity contribution is 5.99. The largest absolute Gasteiger partial charge is 0.334 e. The van der Waals surface area contributed by atoms with E-state index < -0.39 is 0 Å². The molecule has 0 fully saturated rings. The van der Waals surface area contributed by atoms with E-state index in [9.17, 15) is 0 Å². The van der Waals surface area contributed by atoms with Gasteiger partial charge in [0.1, 0.15) is 0 Å². The summed E-state index contributed by atoms with van der Waals surface area (Å²) >= 11 is 0. The minimum atomic E-state index is -0.281. The Balaban J connectivity index is 0.980. The molecule has 1 heterocycles. The number of benzene rings is 8. The summed E-state index contributed by atoms with van der Waals surface area (Å²) in [6.45, 7) is 2.45. The highest BCUT2D eigenvalue weighted by atomic mass is 15.2. The van der Waals surface area contributed by atoms with Crippen LogP contribution in [0.25, 0.3) is 50.2 Å². The molecule has 8 aromatic rings. The van der Waals surface area contributed by atoms with Gasteiger partial charge in [-0.2, -0.15) is 0 Å². The van der Waals surface area contributed by atoms with Gasteiger partial charge in [-0.1, -0.05) is 206 Å². The average Bonchev–Trinajstić information content (AvgIpc) is 3.65. The van der Waals surface area contributed by atoms with Crippen LogP contribution < -0.4 is 20.2 Å². The fourth-order valence-corrected chi connectivity index (χ4v) is 11.1. The Morgan fingerprint density at radius 2 is 1.31 bits per heavy atom. The summed E-state index contributed by atoms with van der Waals surface area (Å²) in [5, 5.41) is 5.18. The van der Waals surface area contributed by atoms with Gasteiger partial charge in [-0.3, -0.25) is 0 Å². The van der Waals surface area contributed by atoms with Crippen molar-refractivity contribution < 1.29 is 0 Å². The molecule has 2 nitrogen and oxygen atoms in total. The van der Waals surface area contributed by atoms with Gasteiger partial charge in [-0.05, 0) is 122 Å². The molecule has 12 rings (SSSR count). The zero-order valence-corrected chi connectivity index (χ0v) is 36.7. The Hall–Kier alpha value is -7.68. The maximum absolute atomic E-state index is 2.65. The van der Waals surface area contributed by atoms with Gasteiger partial charge in [0.15, 0.2) is 0 Å². The van der Waals surface area contributed by atoms with Gasteiger partial charge in [0.05, 0.1) is 17.3 Å². The van der Waals surface area contributed by atoms with Crippen LogP contribution in [0, 0.1) is 0 Å². The number of anilines is 4. The van der Waals surface area contributed by atoms with Gasteiger partial charge < -0.3 is 9.80 Å². The maximum Gasteiger partial charge on any atom is 0.0721 e. The van der Waals surface area contributed by atoms with Gasteiger partial charge in [-0.15, -0.1) is 0 Å². The molecule has 0 radical (unpaired) electrons. The van der Waals surface area contributed by atoms with E-state index in [-0.39, 0.29) is 11.6 Å². The quantitative estimate of drug-likeness (QED) is 0.150. The van der Waals surface area contributed by atoms with Gasteiger partial charge in [0.2, 0.25) is 0 Å². The molecule has 312 valence electrons. The summed E-state index contributed by atoms with van der Waals surface area (Å²) in [5.74, 6) is 0.302. The third-order valence-corrected chi connectivity index (χ3v) is 14.3. The fraction of sp³-hybridized carbons (Fsp3) is 0.111. The topological polar surface area (TPSA) is 6.48 Å². The maximum atomic E-state index is 2.65. The first-order valence-electron chi connectivity index (χ1n) is 23.2. The average molecular weight is 835 g/mol. The third-order valence-electron chi connectivity index (χ3n) is 14.3. The van der Waals surface area contributed by atoms with E-state index in [1.807, 2.05) is 0 Å². The number of allylic oxidation sites excluding steroid dienone is 6. The molecule has 0 bridgehead atoms. The fourth-order valence-electron chi connectivity index (χ4n) is 11.1. The highest BCUT2D eigenvalue weighted by Gasteiger charge is 2.46. The molecule has 0 amide bonds. The minimum Gasteiger partial charge on any atom is -0.334 e. The van der Waals surface area contributed by atoms with Crippen LogP contribution in [0.5, 0.6) is 0 Å². The van der Waals surface area contributed by atoms with E-state index in [1.165, 1.54) is 94.0 Å². The smallest absolute Gasteiger partial charge is 0.0721 e. The number of para-hydroxylation sites is 1. The van der Waals surface area contributed by atoms with E-state index in [4.69, 9.17) is 0 Å². The van der Waals surface area contributed by atoms with Crippen LogP contribution >= 0.6 is 0 Å². The molecule has 0 aromatic heterocycles. The Kier molecular flexibility index (Phi) is 9.68. The second-order valence-electron chi connectivity index (χ2n) is 18.1. The van der Waals surface area contributed by atoms with Gasteiger partial charge in [-0.25, -0.2) is 0 Å². The lowest BCUT2D eigenvalue weighted by Gasteiger charge is -2.40. The van der Waals surface area contributed by atoms with Crippen molar-refractivity contribution >= 4 is 50.7 Å². The number of hydrogen-bond acceptors (Lipinski definition) is 2. The molecule has 1 aliphatic heterocycles. The normalized spacial score (nSPS) is 19.3. The van der Waals surface area contributed by atoms with Crippen LogP contribution in [0.3, 0.4) is 0 Å². The van der Waals surface area contributed by atoms with E-state index in [1.54, 1.807) is 0 Å². The van der Waals surface area contributed by atoms with Crippen molar-refractivity contribution in [2.45, 2.75) is 43.7 Å². The molecular weight excluding hydrogens is 785 g/mol. The van der Waals surface area contributed by atoms with E-state index in [0.717, 1.165) is 19.3 Å². The van der Waals surface area contributed by atoms with Crippen molar-refractivity contribution in [2.75, 3.05) is 9.80 Å². The van der Waals surface area contributed by atoms with Crippen molar-refractivity contribution in [3.8, 4) is 22.3 Å². The second-order valence-corrected chi connectivity index (χ2v) is 18.1. The first-order valence-corrected chi connectivity index (χ1v) is 23.2. The number of hydrogen-bond donors (Lipinski definition) is 0. The highest BCUT2D eigenvalue weighted by Crippen LogP contribution is 2.54. The Morgan fingerprint density at radius 3 is 2.14 bits per heavy atom. The van der Waals surface area contributed by atoms with Gasteiger partial charge >= 0.3 is 0 Å². The van der Waals surface area contributed by atoms with Crippen molar-refractivity contribution in [3.05, 3.63) is 258 Å². The van der Waals surface area contributed by atoms with E-state index in [0.29, 0.717) is 5.92 Å². The van der Waals surface area contributed by atoms with Gasteiger partial charge in [0.25, 0.3) is 0 Å². The number of nitrogens with zero attached hydrogens (tertiary/aromatic N) is 2. The molecule has 65 heavy (non-hydrogen) atoms. The van der Waals surface area contributed by atoms with E-state index in [2.05, 4.69) is 253 Å². The lowest BCUT2D eigenvalue weighted by atomic mass is 9.81. The summed E-state index contributed by atoms with van der Waals surface area (Å²) in [5.41, 5.74) is 16.2. The molecule has 0 spiro atoms. The first-order chi connectivity index (χ1) is 32.1. The third kappa shape index (κ3) is 6.80. The Labute approximate surface area is 382 Å². The molecule has 0 saturated heterocycles. The predicted octanol–water partition coefficient (Wildman–Crippen LogP) is 14.6. The summed E-state index contributed by atoms with van der Waals surface area (Å²) in [6, 6.07) is 69.8. The SMILES string of the molecule is CC12CC=c3ccccc3=C1c1ccc(N(c3ccccc3C3C=CC=CC3)C3C=CC(c4ccc(-c5ccccc5)cc4)=CC3)cc1N2c1ccc(-c2cccc3ccccc23)cc1. The van der Waals surface area contributed by atoms with Gasteiger partial charge in [0, 0.05) is 28.5 Å². The molecule has 0 N–H and O–H groups in total. The Bertz CT molecular complexity index is 3360. The zero-order chi connectivity index (χ0) is 43.3. The summed E-state index contributed by atoms with van der Waals surface area (Å²) < 4.78 is 0. The summed E-state index contributed by atoms with van der Waals surface area (Å²) in [7, 11) is 0. The standard InChI is InChI=1S/C63H50N2/c1-63-42-41-50-20-9-11-24-58(50)62(63)59-40-39-54(43-61(59)65(63)53-37-33-51(34-38-53)56-25-14-21-48-19-8-10-22-55(48)56)64(60-26-13-12-23-57(60)49-17-6-3-7-18-49)52-35-31-47(32-36-52)46-29-27-45(28-30-46)44-15-4-2-5-16-44/h2-17,19-35,37-41,43,49,52H,18,36,42H2,1H3. The van der Waals surface area contributed by atoms with E-state index >= 15 is 0 Å². The summed E-state index contributed by atoms with van der Waals surface area (Å²) in [4.78, 5) is 5.27. The van der Waals surface area contributed by atoms with Crippen molar-refractivity contribution in [2.24, 2.45) is 0 Å². The van der Waals surface area contributed by atoms with Crippen LogP contribution in [-0.2, 0) is 0 Å². The molecule has 0 saturated carbocycles. The van der Waals surface area contributed by atoms with Crippen LogP contribution in [0.1, 0.15) is 48.8 Å². The van der Waals surface area contributed by atoms with Crippen molar-refractivity contribution in [3.63, 3.8) is 0 Å². The molecule has 8 aromatic carbocycles. The molecule has 3 aliphatic carbocycles. The molecular formula is C63H50N2. The molecule has 2 heteroatoms. The lowest BCUT2D eigenvalue weighted by molar-refractivity contribution is 0.618. The van der Waals surface area contributed by atoms with Crippen LogP contribution in [0.15, 0.2) is 231 Å². The van der Waals surface area contributed by atoms with Crippen LogP contribution in [0.2, 0.25) is 0 Å². The first kappa shape index (κ1) is 39.0. The summed E-state index contributed by atoms with van der Waals surface area (Å²) in [6.07, 6.45) is 21.5.